The number of nitrogens with zero attached hydrogens (tertiary/aromatic N) is 1. The standard InChI is InChI=1S/C10H18F2N2O2/c11-9(12)7-14(5-4-13)10(15)8-3-1-2-6-16-8/h8-9H,1-7,13H2. The van der Waals surface area contributed by atoms with Crippen LogP contribution in [-0.4, -0.2) is 49.6 Å². The smallest absolute Gasteiger partial charge is 0.255 e. The molecule has 1 unspecified atom stereocenters. The van der Waals surface area contributed by atoms with Gasteiger partial charge >= 0.3 is 0 Å². The Labute approximate surface area is 93.7 Å². The summed E-state index contributed by atoms with van der Waals surface area (Å²) in [6, 6.07) is 0. The van der Waals surface area contributed by atoms with Crippen molar-refractivity contribution < 1.29 is 18.3 Å². The fourth-order valence-corrected chi connectivity index (χ4v) is 1.75. The first-order valence-electron chi connectivity index (χ1n) is 5.53. The van der Waals surface area contributed by atoms with Crippen LogP contribution in [0.4, 0.5) is 8.78 Å². The van der Waals surface area contributed by atoms with Crippen LogP contribution in [0.5, 0.6) is 0 Å². The maximum Gasteiger partial charge on any atom is 0.255 e. The molecular formula is C10H18F2N2O2. The van der Waals surface area contributed by atoms with E-state index >= 15 is 0 Å². The Bertz CT molecular complexity index is 221. The van der Waals surface area contributed by atoms with Gasteiger partial charge in [0, 0.05) is 19.7 Å². The van der Waals surface area contributed by atoms with E-state index in [9.17, 15) is 13.6 Å². The summed E-state index contributed by atoms with van der Waals surface area (Å²) in [5, 5.41) is 0. The molecule has 0 radical (unpaired) electrons. The highest BCUT2D eigenvalue weighted by Gasteiger charge is 2.27. The summed E-state index contributed by atoms with van der Waals surface area (Å²) >= 11 is 0. The first-order valence-corrected chi connectivity index (χ1v) is 5.53. The third-order valence-electron chi connectivity index (χ3n) is 2.52. The van der Waals surface area contributed by atoms with Gasteiger partial charge in [-0.1, -0.05) is 0 Å². The zero-order chi connectivity index (χ0) is 12.0. The van der Waals surface area contributed by atoms with Crippen molar-refractivity contribution in [2.45, 2.75) is 31.8 Å². The number of ether oxygens (including phenoxy) is 1. The normalized spacial score (nSPS) is 21.1. The Morgan fingerprint density at radius 3 is 2.75 bits per heavy atom. The van der Waals surface area contributed by atoms with Crippen molar-refractivity contribution >= 4 is 5.91 Å². The minimum Gasteiger partial charge on any atom is -0.368 e. The minimum atomic E-state index is -2.53. The lowest BCUT2D eigenvalue weighted by Crippen LogP contribution is -2.45. The van der Waals surface area contributed by atoms with Crippen LogP contribution in [0.15, 0.2) is 0 Å². The van der Waals surface area contributed by atoms with Crippen molar-refractivity contribution in [2.24, 2.45) is 5.73 Å². The average molecular weight is 236 g/mol. The predicted octanol–water partition coefficient (Wildman–Crippen LogP) is 0.608. The van der Waals surface area contributed by atoms with E-state index in [1.54, 1.807) is 0 Å². The topological polar surface area (TPSA) is 55.6 Å². The summed E-state index contributed by atoms with van der Waals surface area (Å²) in [5.74, 6) is -0.356. The van der Waals surface area contributed by atoms with Crippen molar-refractivity contribution in [3.8, 4) is 0 Å². The Hall–Kier alpha value is -0.750. The largest absolute Gasteiger partial charge is 0.368 e. The second-order valence-electron chi connectivity index (χ2n) is 3.82. The van der Waals surface area contributed by atoms with E-state index in [0.717, 1.165) is 17.7 Å². The van der Waals surface area contributed by atoms with E-state index in [-0.39, 0.29) is 19.0 Å². The number of nitrogens with two attached hydrogens (primary N) is 1. The van der Waals surface area contributed by atoms with Gasteiger partial charge in [-0.3, -0.25) is 4.79 Å². The van der Waals surface area contributed by atoms with Crippen molar-refractivity contribution in [1.82, 2.24) is 4.90 Å². The van der Waals surface area contributed by atoms with Crippen molar-refractivity contribution in [2.75, 3.05) is 26.2 Å². The highest BCUT2D eigenvalue weighted by Crippen LogP contribution is 2.15. The zero-order valence-electron chi connectivity index (χ0n) is 9.20. The Morgan fingerprint density at radius 1 is 1.50 bits per heavy atom. The summed E-state index contributed by atoms with van der Waals surface area (Å²) in [6.07, 6.45) is -0.640. The Kier molecular flexibility index (Phi) is 5.62. The quantitative estimate of drug-likeness (QED) is 0.760. The molecular weight excluding hydrogens is 218 g/mol. The molecule has 0 aromatic heterocycles. The number of hydrogen-bond acceptors (Lipinski definition) is 3. The van der Waals surface area contributed by atoms with E-state index in [0.29, 0.717) is 13.0 Å². The SMILES string of the molecule is NCCN(CC(F)F)C(=O)C1CCCCO1. The van der Waals surface area contributed by atoms with Crippen LogP contribution in [-0.2, 0) is 9.53 Å². The van der Waals surface area contributed by atoms with E-state index < -0.39 is 19.1 Å². The van der Waals surface area contributed by atoms with Gasteiger partial charge in [-0.25, -0.2) is 8.78 Å². The van der Waals surface area contributed by atoms with Gasteiger partial charge in [0.25, 0.3) is 12.3 Å². The summed E-state index contributed by atoms with van der Waals surface area (Å²) < 4.78 is 29.8. The first kappa shape index (κ1) is 13.3. The van der Waals surface area contributed by atoms with E-state index in [4.69, 9.17) is 10.5 Å². The molecule has 0 aliphatic carbocycles. The van der Waals surface area contributed by atoms with Gasteiger partial charge in [0.2, 0.25) is 0 Å². The lowest BCUT2D eigenvalue weighted by molar-refractivity contribution is -0.148. The number of carbonyl (C=O) groups excluding carboxylic acids is 1. The maximum absolute atomic E-state index is 12.3. The number of hydrogen-bond donors (Lipinski definition) is 1. The summed E-state index contributed by atoms with van der Waals surface area (Å²) in [7, 11) is 0. The molecule has 16 heavy (non-hydrogen) atoms. The van der Waals surface area contributed by atoms with Crippen LogP contribution in [0.1, 0.15) is 19.3 Å². The van der Waals surface area contributed by atoms with Crippen LogP contribution in [0.25, 0.3) is 0 Å². The van der Waals surface area contributed by atoms with Gasteiger partial charge in [-0.15, -0.1) is 0 Å². The second-order valence-corrected chi connectivity index (χ2v) is 3.82. The summed E-state index contributed by atoms with van der Waals surface area (Å²) in [5.41, 5.74) is 5.29. The molecule has 0 aromatic carbocycles. The maximum atomic E-state index is 12.3. The van der Waals surface area contributed by atoms with Gasteiger partial charge in [0.1, 0.15) is 6.10 Å². The molecule has 1 aliphatic heterocycles. The van der Waals surface area contributed by atoms with Crippen molar-refractivity contribution in [3.63, 3.8) is 0 Å². The molecule has 0 bridgehead atoms. The molecule has 1 fully saturated rings. The lowest BCUT2D eigenvalue weighted by atomic mass is 10.1. The van der Waals surface area contributed by atoms with Gasteiger partial charge in [-0.05, 0) is 19.3 Å². The molecule has 0 spiro atoms. The molecule has 1 aliphatic rings. The van der Waals surface area contributed by atoms with E-state index in [1.807, 2.05) is 0 Å². The number of halogens is 2. The number of amides is 1. The molecule has 1 rings (SSSR count). The van der Waals surface area contributed by atoms with E-state index in [1.165, 1.54) is 0 Å². The molecule has 0 saturated carbocycles. The summed E-state index contributed by atoms with van der Waals surface area (Å²) in [4.78, 5) is 12.9. The molecule has 0 aromatic rings. The number of carbonyl (C=O) groups is 1. The molecule has 1 heterocycles. The van der Waals surface area contributed by atoms with Gasteiger partial charge in [-0.2, -0.15) is 0 Å². The van der Waals surface area contributed by atoms with Crippen LogP contribution in [0.3, 0.4) is 0 Å². The monoisotopic (exact) mass is 236 g/mol. The summed E-state index contributed by atoms with van der Waals surface area (Å²) in [6.45, 7) is 0.311. The van der Waals surface area contributed by atoms with Gasteiger partial charge in [0.05, 0.1) is 6.54 Å². The highest BCUT2D eigenvalue weighted by molar-refractivity contribution is 5.81. The number of alkyl halides is 2. The molecule has 4 nitrogen and oxygen atoms in total. The van der Waals surface area contributed by atoms with Crippen LogP contribution in [0.2, 0.25) is 0 Å². The van der Waals surface area contributed by atoms with Crippen molar-refractivity contribution in [3.05, 3.63) is 0 Å². The predicted molar refractivity (Wildman–Crippen MR) is 55.2 cm³/mol. The minimum absolute atomic E-state index is 0.156. The highest BCUT2D eigenvalue weighted by atomic mass is 19.3. The number of rotatable bonds is 5. The van der Waals surface area contributed by atoms with Crippen LogP contribution >= 0.6 is 0 Å². The fraction of sp³-hybridized carbons (Fsp3) is 0.900. The molecule has 6 heteroatoms. The van der Waals surface area contributed by atoms with Crippen LogP contribution < -0.4 is 5.73 Å². The lowest BCUT2D eigenvalue weighted by Gasteiger charge is -2.28. The third kappa shape index (κ3) is 4.02. The van der Waals surface area contributed by atoms with Gasteiger partial charge < -0.3 is 15.4 Å². The molecule has 2 N–H and O–H groups in total. The van der Waals surface area contributed by atoms with E-state index in [2.05, 4.69) is 0 Å². The van der Waals surface area contributed by atoms with Crippen LogP contribution in [0, 0.1) is 0 Å². The zero-order valence-corrected chi connectivity index (χ0v) is 9.20. The first-order chi connectivity index (χ1) is 7.65. The molecule has 1 saturated heterocycles. The fourth-order valence-electron chi connectivity index (χ4n) is 1.75. The second kappa shape index (κ2) is 6.75. The van der Waals surface area contributed by atoms with Gasteiger partial charge in [0.15, 0.2) is 0 Å². The Balaban J connectivity index is 2.50. The molecule has 1 atom stereocenters. The third-order valence-corrected chi connectivity index (χ3v) is 2.52. The average Bonchev–Trinajstić information content (AvgIpc) is 2.28. The molecule has 1 amide bonds. The van der Waals surface area contributed by atoms with Crippen molar-refractivity contribution in [1.29, 1.82) is 0 Å². The Morgan fingerprint density at radius 2 is 2.25 bits per heavy atom. The molecule has 94 valence electrons.